The Morgan fingerprint density at radius 2 is 1.56 bits per heavy atom. The summed E-state index contributed by atoms with van der Waals surface area (Å²) in [5.41, 5.74) is -1.10. The molecule has 0 aliphatic rings. The molecule has 0 radical (unpaired) electrons. The van der Waals surface area contributed by atoms with Gasteiger partial charge in [0.05, 0.1) is 12.2 Å². The normalized spacial score (nSPS) is 17.1. The lowest BCUT2D eigenvalue weighted by Gasteiger charge is -2.31. The van der Waals surface area contributed by atoms with Crippen molar-refractivity contribution in [3.05, 3.63) is 0 Å². The van der Waals surface area contributed by atoms with Gasteiger partial charge in [-0.2, -0.15) is 0 Å². The summed E-state index contributed by atoms with van der Waals surface area (Å²) in [4.78, 5) is 0. The first-order valence-corrected chi connectivity index (χ1v) is 6.62. The van der Waals surface area contributed by atoms with Crippen LogP contribution in [-0.4, -0.2) is 33.6 Å². The van der Waals surface area contributed by atoms with Gasteiger partial charge in [-0.3, -0.25) is 0 Å². The number of aliphatic hydroxyl groups excluding tert-OH is 2. The first kappa shape index (κ1) is 15.9. The van der Waals surface area contributed by atoms with Gasteiger partial charge in [-0.25, -0.2) is 0 Å². The maximum absolute atomic E-state index is 10.1. The Morgan fingerprint density at radius 1 is 1.00 bits per heavy atom. The zero-order valence-electron chi connectivity index (χ0n) is 10.8. The highest BCUT2D eigenvalue weighted by Gasteiger charge is 2.32. The average Bonchev–Trinajstić information content (AvgIpc) is 2.32. The van der Waals surface area contributed by atoms with Crippen LogP contribution in [0.4, 0.5) is 0 Å². The Kier molecular flexibility index (Phi) is 8.90. The molecule has 0 aromatic carbocycles. The molecule has 0 spiro atoms. The van der Waals surface area contributed by atoms with Crippen LogP contribution in [0.1, 0.15) is 65.2 Å². The minimum atomic E-state index is -1.10. The SMILES string of the molecule is CCCCCCCCC(O)(CC)C(O)CO. The highest BCUT2D eigenvalue weighted by Crippen LogP contribution is 2.23. The Labute approximate surface area is 99.5 Å². The summed E-state index contributed by atoms with van der Waals surface area (Å²) in [6.07, 6.45) is 7.05. The van der Waals surface area contributed by atoms with E-state index in [1.807, 2.05) is 6.92 Å². The van der Waals surface area contributed by atoms with Crippen LogP contribution in [-0.2, 0) is 0 Å². The van der Waals surface area contributed by atoms with Gasteiger partial charge in [0.1, 0.15) is 6.10 Å². The van der Waals surface area contributed by atoms with Gasteiger partial charge in [0, 0.05) is 0 Å². The summed E-state index contributed by atoms with van der Waals surface area (Å²) >= 11 is 0. The quantitative estimate of drug-likeness (QED) is 0.506. The minimum absolute atomic E-state index is 0.361. The van der Waals surface area contributed by atoms with E-state index in [-0.39, 0.29) is 6.61 Å². The first-order chi connectivity index (χ1) is 7.60. The van der Waals surface area contributed by atoms with Gasteiger partial charge < -0.3 is 15.3 Å². The average molecular weight is 232 g/mol. The third-order valence-electron chi connectivity index (χ3n) is 3.37. The van der Waals surface area contributed by atoms with Crippen LogP contribution in [0, 0.1) is 0 Å². The highest BCUT2D eigenvalue weighted by atomic mass is 16.4. The van der Waals surface area contributed by atoms with Gasteiger partial charge in [0.2, 0.25) is 0 Å². The van der Waals surface area contributed by atoms with Crippen molar-refractivity contribution in [2.45, 2.75) is 76.9 Å². The highest BCUT2D eigenvalue weighted by molar-refractivity contribution is 4.84. The molecule has 0 aromatic heterocycles. The fourth-order valence-corrected chi connectivity index (χ4v) is 1.96. The molecular formula is C13H28O3. The smallest absolute Gasteiger partial charge is 0.106 e. The van der Waals surface area contributed by atoms with E-state index < -0.39 is 11.7 Å². The Morgan fingerprint density at radius 3 is 2.06 bits per heavy atom. The molecule has 3 N–H and O–H groups in total. The van der Waals surface area contributed by atoms with Crippen LogP contribution in [0.3, 0.4) is 0 Å². The Hall–Kier alpha value is -0.120. The van der Waals surface area contributed by atoms with Crippen LogP contribution in [0.2, 0.25) is 0 Å². The van der Waals surface area contributed by atoms with Crippen molar-refractivity contribution in [1.82, 2.24) is 0 Å². The van der Waals surface area contributed by atoms with E-state index in [9.17, 15) is 10.2 Å². The molecule has 0 saturated carbocycles. The van der Waals surface area contributed by atoms with Crippen LogP contribution < -0.4 is 0 Å². The third kappa shape index (κ3) is 5.83. The minimum Gasteiger partial charge on any atom is -0.394 e. The molecule has 0 aliphatic carbocycles. The first-order valence-electron chi connectivity index (χ1n) is 6.62. The molecule has 3 heteroatoms. The van der Waals surface area contributed by atoms with Crippen LogP contribution >= 0.6 is 0 Å². The molecule has 2 unspecified atom stereocenters. The van der Waals surface area contributed by atoms with Gasteiger partial charge in [0.15, 0.2) is 0 Å². The summed E-state index contributed by atoms with van der Waals surface area (Å²) in [7, 11) is 0. The molecule has 0 aromatic rings. The Balaban J connectivity index is 3.70. The topological polar surface area (TPSA) is 60.7 Å². The van der Waals surface area contributed by atoms with Crippen molar-refractivity contribution in [3.63, 3.8) is 0 Å². The maximum atomic E-state index is 10.1. The van der Waals surface area contributed by atoms with Crippen LogP contribution in [0.25, 0.3) is 0 Å². The van der Waals surface area contributed by atoms with E-state index in [2.05, 4.69) is 6.92 Å². The van der Waals surface area contributed by atoms with Crippen LogP contribution in [0.15, 0.2) is 0 Å². The van der Waals surface area contributed by atoms with Gasteiger partial charge >= 0.3 is 0 Å². The predicted molar refractivity (Wildman–Crippen MR) is 66.3 cm³/mol. The molecule has 0 heterocycles. The molecule has 3 nitrogen and oxygen atoms in total. The molecule has 0 rings (SSSR count). The molecule has 0 bridgehead atoms. The molecular weight excluding hydrogens is 204 g/mol. The van der Waals surface area contributed by atoms with Crippen molar-refractivity contribution in [1.29, 1.82) is 0 Å². The Bertz CT molecular complexity index is 161. The summed E-state index contributed by atoms with van der Waals surface area (Å²) in [6, 6.07) is 0. The lowest BCUT2D eigenvalue weighted by molar-refractivity contribution is -0.102. The number of rotatable bonds is 10. The second-order valence-electron chi connectivity index (χ2n) is 4.67. The lowest BCUT2D eigenvalue weighted by atomic mass is 9.88. The second-order valence-corrected chi connectivity index (χ2v) is 4.67. The fourth-order valence-electron chi connectivity index (χ4n) is 1.96. The number of hydrogen-bond donors (Lipinski definition) is 3. The lowest BCUT2D eigenvalue weighted by Crippen LogP contribution is -2.43. The zero-order chi connectivity index (χ0) is 12.4. The van der Waals surface area contributed by atoms with Crippen molar-refractivity contribution in [2.24, 2.45) is 0 Å². The predicted octanol–water partition coefficient (Wildman–Crippen LogP) is 2.23. The maximum Gasteiger partial charge on any atom is 0.106 e. The summed E-state index contributed by atoms with van der Waals surface area (Å²) in [5.74, 6) is 0. The molecule has 0 fully saturated rings. The van der Waals surface area contributed by atoms with E-state index in [1.165, 1.54) is 25.7 Å². The van der Waals surface area contributed by atoms with Gasteiger partial charge in [-0.05, 0) is 12.8 Å². The molecule has 16 heavy (non-hydrogen) atoms. The van der Waals surface area contributed by atoms with Gasteiger partial charge in [-0.1, -0.05) is 52.4 Å². The molecule has 98 valence electrons. The number of unbranched alkanes of at least 4 members (excludes halogenated alkanes) is 5. The van der Waals surface area contributed by atoms with Crippen molar-refractivity contribution < 1.29 is 15.3 Å². The standard InChI is InChI=1S/C13H28O3/c1-3-5-6-7-8-9-10-13(16,4-2)12(15)11-14/h12,14-16H,3-11H2,1-2H3. The zero-order valence-corrected chi connectivity index (χ0v) is 10.8. The number of aliphatic hydroxyl groups is 3. The van der Waals surface area contributed by atoms with E-state index in [4.69, 9.17) is 5.11 Å². The monoisotopic (exact) mass is 232 g/mol. The fraction of sp³-hybridized carbons (Fsp3) is 1.00. The second kappa shape index (κ2) is 8.97. The van der Waals surface area contributed by atoms with Crippen molar-refractivity contribution in [3.8, 4) is 0 Å². The van der Waals surface area contributed by atoms with Gasteiger partial charge in [-0.15, -0.1) is 0 Å². The van der Waals surface area contributed by atoms with Crippen LogP contribution in [0.5, 0.6) is 0 Å². The van der Waals surface area contributed by atoms with Crippen molar-refractivity contribution >= 4 is 0 Å². The van der Waals surface area contributed by atoms with E-state index >= 15 is 0 Å². The molecule has 2 atom stereocenters. The van der Waals surface area contributed by atoms with E-state index in [1.54, 1.807) is 0 Å². The van der Waals surface area contributed by atoms with Crippen molar-refractivity contribution in [2.75, 3.05) is 6.61 Å². The molecule has 0 aliphatic heterocycles. The summed E-state index contributed by atoms with van der Waals surface area (Å²) in [6.45, 7) is 3.67. The molecule has 0 amide bonds. The largest absolute Gasteiger partial charge is 0.394 e. The number of hydrogen-bond acceptors (Lipinski definition) is 3. The summed E-state index contributed by atoms with van der Waals surface area (Å²) < 4.78 is 0. The van der Waals surface area contributed by atoms with E-state index in [0.29, 0.717) is 12.8 Å². The third-order valence-corrected chi connectivity index (χ3v) is 3.37. The van der Waals surface area contributed by atoms with E-state index in [0.717, 1.165) is 12.8 Å². The molecule has 0 saturated heterocycles. The van der Waals surface area contributed by atoms with Gasteiger partial charge in [0.25, 0.3) is 0 Å². The summed E-state index contributed by atoms with van der Waals surface area (Å²) in [5, 5.41) is 28.5.